The van der Waals surface area contributed by atoms with Gasteiger partial charge in [0.25, 0.3) is 0 Å². The molecular formula is C12H18O2. The summed E-state index contributed by atoms with van der Waals surface area (Å²) in [7, 11) is 0. The number of hydrogen-bond donors (Lipinski definition) is 1. The lowest BCUT2D eigenvalue weighted by molar-refractivity contribution is -0.131. The molecule has 0 aromatic carbocycles. The molecule has 1 rings (SSSR count). The van der Waals surface area contributed by atoms with Crippen LogP contribution in [0, 0.1) is 11.3 Å². The van der Waals surface area contributed by atoms with Crippen molar-refractivity contribution in [1.29, 1.82) is 0 Å². The van der Waals surface area contributed by atoms with Gasteiger partial charge in [-0.3, -0.25) is 0 Å². The lowest BCUT2D eigenvalue weighted by Gasteiger charge is -2.34. The lowest BCUT2D eigenvalue weighted by Crippen LogP contribution is -2.24. The summed E-state index contributed by atoms with van der Waals surface area (Å²) in [5, 5.41) is 8.56. The molecule has 0 saturated carbocycles. The first-order chi connectivity index (χ1) is 6.42. The maximum absolute atomic E-state index is 10.4. The second kappa shape index (κ2) is 3.99. The zero-order valence-electron chi connectivity index (χ0n) is 9.08. The van der Waals surface area contributed by atoms with Gasteiger partial charge >= 0.3 is 5.97 Å². The van der Waals surface area contributed by atoms with E-state index in [1.165, 1.54) is 11.6 Å². The molecule has 0 aromatic heterocycles. The average molecular weight is 194 g/mol. The highest BCUT2D eigenvalue weighted by Gasteiger charge is 2.28. The Labute approximate surface area is 85.3 Å². The molecule has 1 aliphatic rings. The summed E-state index contributed by atoms with van der Waals surface area (Å²) in [6, 6.07) is 0. The number of carbonyl (C=O) groups is 1. The van der Waals surface area contributed by atoms with Crippen LogP contribution in [0.4, 0.5) is 0 Å². The van der Waals surface area contributed by atoms with E-state index in [9.17, 15) is 4.79 Å². The summed E-state index contributed by atoms with van der Waals surface area (Å²) in [5.41, 5.74) is 1.50. The first-order valence-corrected chi connectivity index (χ1v) is 5.01. The van der Waals surface area contributed by atoms with Crippen molar-refractivity contribution in [3.8, 4) is 0 Å². The van der Waals surface area contributed by atoms with Gasteiger partial charge in [-0.25, -0.2) is 4.79 Å². The molecule has 0 heterocycles. The summed E-state index contributed by atoms with van der Waals surface area (Å²) < 4.78 is 0. The molecular weight excluding hydrogens is 176 g/mol. The van der Waals surface area contributed by atoms with Gasteiger partial charge in [0.05, 0.1) is 0 Å². The quantitative estimate of drug-likeness (QED) is 0.542. The minimum absolute atomic E-state index is 0.0916. The first kappa shape index (κ1) is 11.0. The molecule has 0 amide bonds. The number of aliphatic carboxylic acids is 1. The van der Waals surface area contributed by atoms with Crippen LogP contribution in [0.2, 0.25) is 0 Å². The Bertz CT molecular complexity index is 285. The molecule has 0 aromatic rings. The molecule has 0 aliphatic heterocycles. The fraction of sp³-hybridized carbons (Fsp3) is 0.583. The summed E-state index contributed by atoms with van der Waals surface area (Å²) in [6.07, 6.45) is 7.48. The second-order valence-corrected chi connectivity index (χ2v) is 4.65. The van der Waals surface area contributed by atoms with Crippen molar-refractivity contribution in [2.24, 2.45) is 11.3 Å². The summed E-state index contributed by atoms with van der Waals surface area (Å²) >= 11 is 0. The Morgan fingerprint density at radius 2 is 2.29 bits per heavy atom. The molecule has 14 heavy (non-hydrogen) atoms. The van der Waals surface area contributed by atoms with Gasteiger partial charge in [-0.1, -0.05) is 31.6 Å². The van der Waals surface area contributed by atoms with Crippen LogP contribution in [0.5, 0.6) is 0 Å². The van der Waals surface area contributed by atoms with E-state index < -0.39 is 5.97 Å². The third-order valence-electron chi connectivity index (χ3n) is 2.89. The molecule has 0 radical (unpaired) electrons. The normalized spacial score (nSPS) is 26.2. The lowest BCUT2D eigenvalue weighted by atomic mass is 9.71. The highest BCUT2D eigenvalue weighted by molar-refractivity contribution is 5.79. The molecule has 1 aliphatic carbocycles. The van der Waals surface area contributed by atoms with Crippen LogP contribution in [-0.2, 0) is 4.79 Å². The average Bonchev–Trinajstić information content (AvgIpc) is 2.00. The van der Waals surface area contributed by atoms with Crippen molar-refractivity contribution in [1.82, 2.24) is 0 Å². The molecule has 0 saturated heterocycles. The minimum atomic E-state index is -0.855. The Kier molecular flexibility index (Phi) is 3.14. The van der Waals surface area contributed by atoms with Gasteiger partial charge in [-0.2, -0.15) is 0 Å². The van der Waals surface area contributed by atoms with Gasteiger partial charge in [-0.05, 0) is 31.1 Å². The van der Waals surface area contributed by atoms with Crippen LogP contribution in [0.3, 0.4) is 0 Å². The summed E-state index contributed by atoms with van der Waals surface area (Å²) in [4.78, 5) is 10.4. The van der Waals surface area contributed by atoms with E-state index >= 15 is 0 Å². The van der Waals surface area contributed by atoms with Gasteiger partial charge in [-0.15, -0.1) is 0 Å². The fourth-order valence-corrected chi connectivity index (χ4v) is 2.11. The van der Waals surface area contributed by atoms with Crippen molar-refractivity contribution < 1.29 is 9.90 Å². The van der Waals surface area contributed by atoms with Crippen molar-refractivity contribution >= 4 is 5.97 Å². The van der Waals surface area contributed by atoms with Crippen LogP contribution in [0.15, 0.2) is 23.8 Å². The third kappa shape index (κ3) is 2.72. The highest BCUT2D eigenvalue weighted by atomic mass is 16.4. The SMILES string of the molecule is CC1=CC(C)(C)C(/C=C/C(=O)O)CC1. The van der Waals surface area contributed by atoms with E-state index in [0.29, 0.717) is 5.92 Å². The monoisotopic (exact) mass is 194 g/mol. The van der Waals surface area contributed by atoms with Gasteiger partial charge in [0.15, 0.2) is 0 Å². The molecule has 0 spiro atoms. The molecule has 1 atom stereocenters. The summed E-state index contributed by atoms with van der Waals surface area (Å²) in [5.74, 6) is -0.505. The second-order valence-electron chi connectivity index (χ2n) is 4.65. The Morgan fingerprint density at radius 3 is 2.79 bits per heavy atom. The van der Waals surface area contributed by atoms with E-state index in [4.69, 9.17) is 5.11 Å². The van der Waals surface area contributed by atoms with E-state index in [1.54, 1.807) is 0 Å². The fourth-order valence-electron chi connectivity index (χ4n) is 2.11. The highest BCUT2D eigenvalue weighted by Crippen LogP contribution is 2.39. The first-order valence-electron chi connectivity index (χ1n) is 5.01. The van der Waals surface area contributed by atoms with E-state index in [2.05, 4.69) is 26.8 Å². The number of carboxylic acid groups (broad SMARTS) is 1. The van der Waals surface area contributed by atoms with Crippen LogP contribution >= 0.6 is 0 Å². The predicted molar refractivity (Wildman–Crippen MR) is 57.0 cm³/mol. The van der Waals surface area contributed by atoms with Crippen molar-refractivity contribution in [3.63, 3.8) is 0 Å². The van der Waals surface area contributed by atoms with Gasteiger partial charge in [0.2, 0.25) is 0 Å². The zero-order valence-corrected chi connectivity index (χ0v) is 9.08. The number of allylic oxidation sites excluding steroid dienone is 3. The van der Waals surface area contributed by atoms with E-state index in [-0.39, 0.29) is 5.41 Å². The van der Waals surface area contributed by atoms with E-state index in [0.717, 1.165) is 12.8 Å². The standard InChI is InChI=1S/C12H18O2/c1-9-4-5-10(6-7-11(13)14)12(2,3)8-9/h6-8,10H,4-5H2,1-3H3,(H,13,14)/b7-6+. The molecule has 78 valence electrons. The Balaban J connectivity index is 2.77. The van der Waals surface area contributed by atoms with Gasteiger partial charge in [0.1, 0.15) is 0 Å². The molecule has 2 heteroatoms. The van der Waals surface area contributed by atoms with Gasteiger partial charge < -0.3 is 5.11 Å². The largest absolute Gasteiger partial charge is 0.478 e. The van der Waals surface area contributed by atoms with Crippen molar-refractivity contribution in [2.45, 2.75) is 33.6 Å². The molecule has 0 fully saturated rings. The minimum Gasteiger partial charge on any atom is -0.478 e. The predicted octanol–water partition coefficient (Wildman–Crippen LogP) is 3.01. The maximum atomic E-state index is 10.4. The third-order valence-corrected chi connectivity index (χ3v) is 2.89. The summed E-state index contributed by atoms with van der Waals surface area (Å²) in [6.45, 7) is 6.46. The molecule has 1 N–H and O–H groups in total. The van der Waals surface area contributed by atoms with Crippen molar-refractivity contribution in [3.05, 3.63) is 23.8 Å². The van der Waals surface area contributed by atoms with Crippen LogP contribution in [0.25, 0.3) is 0 Å². The maximum Gasteiger partial charge on any atom is 0.327 e. The van der Waals surface area contributed by atoms with E-state index in [1.807, 2.05) is 6.08 Å². The Morgan fingerprint density at radius 1 is 1.64 bits per heavy atom. The topological polar surface area (TPSA) is 37.3 Å². The Hall–Kier alpha value is -1.05. The number of hydrogen-bond acceptors (Lipinski definition) is 1. The van der Waals surface area contributed by atoms with Gasteiger partial charge in [0, 0.05) is 6.08 Å². The van der Waals surface area contributed by atoms with Crippen LogP contribution in [-0.4, -0.2) is 11.1 Å². The van der Waals surface area contributed by atoms with Crippen LogP contribution in [0.1, 0.15) is 33.6 Å². The molecule has 1 unspecified atom stereocenters. The van der Waals surface area contributed by atoms with Crippen LogP contribution < -0.4 is 0 Å². The van der Waals surface area contributed by atoms with Crippen molar-refractivity contribution in [2.75, 3.05) is 0 Å². The molecule has 2 nitrogen and oxygen atoms in total. The smallest absolute Gasteiger partial charge is 0.327 e. The molecule has 0 bridgehead atoms. The number of rotatable bonds is 2. The zero-order chi connectivity index (χ0) is 10.8. The number of carboxylic acids is 1.